The maximum absolute atomic E-state index is 12.0. The summed E-state index contributed by atoms with van der Waals surface area (Å²) in [7, 11) is 0. The summed E-state index contributed by atoms with van der Waals surface area (Å²) in [6, 6.07) is 9.84. The zero-order valence-electron chi connectivity index (χ0n) is 11.3. The van der Waals surface area contributed by atoms with E-state index >= 15 is 0 Å². The highest BCUT2D eigenvalue weighted by Gasteiger charge is 2.15. The fraction of sp³-hybridized carbons (Fsp3) is 0.200. The molecule has 20 heavy (non-hydrogen) atoms. The van der Waals surface area contributed by atoms with Crippen molar-refractivity contribution in [1.82, 2.24) is 4.98 Å². The minimum Gasteiger partial charge on any atom is -0.508 e. The van der Waals surface area contributed by atoms with Crippen molar-refractivity contribution in [3.8, 4) is 11.5 Å². The molecular formula is C15H16N2O3. The van der Waals surface area contributed by atoms with Gasteiger partial charge in [-0.1, -0.05) is 0 Å². The van der Waals surface area contributed by atoms with Gasteiger partial charge in [-0.05, 0) is 55.8 Å². The van der Waals surface area contributed by atoms with Crippen LogP contribution in [0.1, 0.15) is 12.5 Å². The van der Waals surface area contributed by atoms with Gasteiger partial charge in [-0.25, -0.2) is 4.98 Å². The number of carbonyl (C=O) groups is 1. The molecule has 0 aliphatic rings. The third-order valence-electron chi connectivity index (χ3n) is 2.69. The molecule has 104 valence electrons. The number of phenols is 1. The predicted octanol–water partition coefficient (Wildman–Crippen LogP) is 2.50. The Morgan fingerprint density at radius 1 is 1.30 bits per heavy atom. The average Bonchev–Trinajstić information content (AvgIpc) is 2.41. The first-order chi connectivity index (χ1) is 9.54. The molecule has 0 saturated carbocycles. The Balaban J connectivity index is 1.96. The van der Waals surface area contributed by atoms with E-state index in [1.807, 2.05) is 13.0 Å². The molecule has 2 rings (SSSR count). The lowest BCUT2D eigenvalue weighted by atomic mass is 10.3. The quantitative estimate of drug-likeness (QED) is 0.897. The Morgan fingerprint density at radius 2 is 2.00 bits per heavy atom. The Labute approximate surface area is 117 Å². The standard InChI is InChI=1S/C15H16N2O3/c1-10-7-8-16-14(9-10)17-15(19)11(2)20-13-5-3-12(18)4-6-13/h3-9,11,18H,1-2H3,(H,16,17,19)/t11-/m1/s1. The first-order valence-electron chi connectivity index (χ1n) is 6.24. The maximum atomic E-state index is 12.0. The van der Waals surface area contributed by atoms with E-state index in [2.05, 4.69) is 10.3 Å². The summed E-state index contributed by atoms with van der Waals surface area (Å²) in [5, 5.41) is 11.9. The normalized spacial score (nSPS) is 11.7. The summed E-state index contributed by atoms with van der Waals surface area (Å²) in [4.78, 5) is 16.0. The molecule has 2 aromatic rings. The van der Waals surface area contributed by atoms with Gasteiger partial charge in [-0.3, -0.25) is 4.79 Å². The van der Waals surface area contributed by atoms with Gasteiger partial charge in [0, 0.05) is 6.20 Å². The molecule has 0 fully saturated rings. The summed E-state index contributed by atoms with van der Waals surface area (Å²) in [5.74, 6) is 0.883. The average molecular weight is 272 g/mol. The third kappa shape index (κ3) is 3.71. The van der Waals surface area contributed by atoms with Gasteiger partial charge in [0.1, 0.15) is 17.3 Å². The maximum Gasteiger partial charge on any atom is 0.266 e. The summed E-state index contributed by atoms with van der Waals surface area (Å²) in [6.45, 7) is 3.58. The van der Waals surface area contributed by atoms with Gasteiger partial charge >= 0.3 is 0 Å². The van der Waals surface area contributed by atoms with Crippen LogP contribution in [0, 0.1) is 6.92 Å². The first-order valence-corrected chi connectivity index (χ1v) is 6.24. The highest BCUT2D eigenvalue weighted by molar-refractivity contribution is 5.93. The van der Waals surface area contributed by atoms with Gasteiger partial charge in [-0.2, -0.15) is 0 Å². The van der Waals surface area contributed by atoms with E-state index in [4.69, 9.17) is 4.74 Å². The molecule has 0 unspecified atom stereocenters. The van der Waals surface area contributed by atoms with Crippen molar-refractivity contribution in [2.75, 3.05) is 5.32 Å². The number of aromatic hydroxyl groups is 1. The number of benzene rings is 1. The molecule has 0 radical (unpaired) electrons. The number of phenolic OH excluding ortho intramolecular Hbond substituents is 1. The van der Waals surface area contributed by atoms with Gasteiger partial charge < -0.3 is 15.2 Å². The molecule has 0 aliphatic carbocycles. The topological polar surface area (TPSA) is 71.5 Å². The van der Waals surface area contributed by atoms with Crippen molar-refractivity contribution in [1.29, 1.82) is 0 Å². The van der Waals surface area contributed by atoms with Crippen LogP contribution in [0.15, 0.2) is 42.6 Å². The second kappa shape index (κ2) is 6.06. The molecule has 1 heterocycles. The van der Waals surface area contributed by atoms with E-state index in [-0.39, 0.29) is 11.7 Å². The molecule has 5 heteroatoms. The van der Waals surface area contributed by atoms with Crippen LogP contribution in [0.25, 0.3) is 0 Å². The fourth-order valence-corrected chi connectivity index (χ4v) is 1.61. The molecule has 5 nitrogen and oxygen atoms in total. The number of nitrogens with one attached hydrogen (secondary N) is 1. The number of anilines is 1. The van der Waals surface area contributed by atoms with Crippen LogP contribution >= 0.6 is 0 Å². The number of rotatable bonds is 4. The molecule has 2 N–H and O–H groups in total. The lowest BCUT2D eigenvalue weighted by Gasteiger charge is -2.14. The van der Waals surface area contributed by atoms with Gasteiger partial charge in [0.15, 0.2) is 6.10 Å². The van der Waals surface area contributed by atoms with Crippen LogP contribution in [0.3, 0.4) is 0 Å². The third-order valence-corrected chi connectivity index (χ3v) is 2.69. The number of aryl methyl sites for hydroxylation is 1. The van der Waals surface area contributed by atoms with E-state index < -0.39 is 6.10 Å². The number of nitrogens with zero attached hydrogens (tertiary/aromatic N) is 1. The van der Waals surface area contributed by atoms with Crippen molar-refractivity contribution in [2.24, 2.45) is 0 Å². The Bertz CT molecular complexity index is 596. The SMILES string of the molecule is Cc1ccnc(NC(=O)[C@@H](C)Oc2ccc(O)cc2)c1. The van der Waals surface area contributed by atoms with Gasteiger partial charge in [-0.15, -0.1) is 0 Å². The number of hydrogen-bond acceptors (Lipinski definition) is 4. The number of hydrogen-bond donors (Lipinski definition) is 2. The van der Waals surface area contributed by atoms with Crippen molar-refractivity contribution in [3.63, 3.8) is 0 Å². The molecule has 1 amide bonds. The minimum absolute atomic E-state index is 0.151. The summed E-state index contributed by atoms with van der Waals surface area (Å²) < 4.78 is 5.48. The van der Waals surface area contributed by atoms with E-state index in [9.17, 15) is 9.90 Å². The van der Waals surface area contributed by atoms with Crippen LogP contribution in [-0.4, -0.2) is 22.1 Å². The summed E-state index contributed by atoms with van der Waals surface area (Å²) in [5.41, 5.74) is 1.02. The zero-order valence-corrected chi connectivity index (χ0v) is 11.3. The minimum atomic E-state index is -0.665. The van der Waals surface area contributed by atoms with Crippen LogP contribution in [-0.2, 0) is 4.79 Å². The predicted molar refractivity (Wildman–Crippen MR) is 75.8 cm³/mol. The highest BCUT2D eigenvalue weighted by Crippen LogP contribution is 2.17. The molecule has 0 bridgehead atoms. The Hall–Kier alpha value is -2.56. The van der Waals surface area contributed by atoms with Crippen LogP contribution < -0.4 is 10.1 Å². The van der Waals surface area contributed by atoms with Crippen molar-refractivity contribution in [3.05, 3.63) is 48.2 Å². The molecule has 1 atom stereocenters. The number of amides is 1. The first kappa shape index (κ1) is 13.9. The monoisotopic (exact) mass is 272 g/mol. The van der Waals surface area contributed by atoms with Gasteiger partial charge in [0.2, 0.25) is 0 Å². The molecule has 0 aliphatic heterocycles. The van der Waals surface area contributed by atoms with E-state index in [0.717, 1.165) is 5.56 Å². The molecule has 0 spiro atoms. The highest BCUT2D eigenvalue weighted by atomic mass is 16.5. The van der Waals surface area contributed by atoms with Crippen LogP contribution in [0.5, 0.6) is 11.5 Å². The van der Waals surface area contributed by atoms with Gasteiger partial charge in [0.05, 0.1) is 0 Å². The van der Waals surface area contributed by atoms with E-state index in [1.165, 1.54) is 12.1 Å². The van der Waals surface area contributed by atoms with E-state index in [0.29, 0.717) is 11.6 Å². The lowest BCUT2D eigenvalue weighted by molar-refractivity contribution is -0.122. The number of ether oxygens (including phenoxy) is 1. The molecule has 1 aromatic carbocycles. The fourth-order valence-electron chi connectivity index (χ4n) is 1.61. The number of aromatic nitrogens is 1. The summed E-state index contributed by atoms with van der Waals surface area (Å²) in [6.07, 6.45) is 0.970. The molecule has 0 saturated heterocycles. The zero-order chi connectivity index (χ0) is 14.5. The smallest absolute Gasteiger partial charge is 0.266 e. The van der Waals surface area contributed by atoms with Crippen molar-refractivity contribution >= 4 is 11.7 Å². The largest absolute Gasteiger partial charge is 0.508 e. The van der Waals surface area contributed by atoms with Crippen molar-refractivity contribution in [2.45, 2.75) is 20.0 Å². The lowest BCUT2D eigenvalue weighted by Crippen LogP contribution is -2.30. The van der Waals surface area contributed by atoms with Crippen LogP contribution in [0.2, 0.25) is 0 Å². The summed E-state index contributed by atoms with van der Waals surface area (Å²) >= 11 is 0. The van der Waals surface area contributed by atoms with E-state index in [1.54, 1.807) is 31.3 Å². The number of carbonyl (C=O) groups excluding carboxylic acids is 1. The Kier molecular flexibility index (Phi) is 4.20. The molecular weight excluding hydrogens is 256 g/mol. The second-order valence-corrected chi connectivity index (χ2v) is 4.46. The molecule has 1 aromatic heterocycles. The van der Waals surface area contributed by atoms with Gasteiger partial charge in [0.25, 0.3) is 5.91 Å². The number of pyridine rings is 1. The van der Waals surface area contributed by atoms with Crippen LogP contribution in [0.4, 0.5) is 5.82 Å². The van der Waals surface area contributed by atoms with Crippen molar-refractivity contribution < 1.29 is 14.6 Å². The Morgan fingerprint density at radius 3 is 2.65 bits per heavy atom. The second-order valence-electron chi connectivity index (χ2n) is 4.46.